The van der Waals surface area contributed by atoms with Gasteiger partial charge in [0.25, 0.3) is 0 Å². The van der Waals surface area contributed by atoms with Crippen LogP contribution in [0.15, 0.2) is 54.7 Å². The second-order valence-corrected chi connectivity index (χ2v) is 12.4. The summed E-state index contributed by atoms with van der Waals surface area (Å²) >= 11 is 0. The van der Waals surface area contributed by atoms with Gasteiger partial charge in [0, 0.05) is 62.8 Å². The molecule has 0 bridgehead atoms. The molecule has 0 saturated carbocycles. The fraction of sp³-hybridized carbons (Fsp3) is 0.378. The second-order valence-electron chi connectivity index (χ2n) is 12.4. The van der Waals surface area contributed by atoms with Crippen molar-refractivity contribution in [2.24, 2.45) is 0 Å². The van der Waals surface area contributed by atoms with Crippen LogP contribution in [0.25, 0.3) is 0 Å². The van der Waals surface area contributed by atoms with Gasteiger partial charge in [0.15, 0.2) is 11.5 Å². The number of aromatic nitrogens is 2. The lowest BCUT2D eigenvalue weighted by Gasteiger charge is -2.32. The Bertz CT molecular complexity index is 1760. The van der Waals surface area contributed by atoms with Crippen molar-refractivity contribution in [3.8, 4) is 23.0 Å². The van der Waals surface area contributed by atoms with Gasteiger partial charge in [-0.05, 0) is 69.1 Å². The number of piperazine rings is 1. The number of aryl methyl sites for hydroxylation is 3. The predicted molar refractivity (Wildman–Crippen MR) is 188 cm³/mol. The van der Waals surface area contributed by atoms with Crippen LogP contribution >= 0.6 is 0 Å². The lowest BCUT2D eigenvalue weighted by atomic mass is 10.1. The molecule has 1 aliphatic heterocycles. The lowest BCUT2D eigenvalue weighted by molar-refractivity contribution is 0.145. The molecule has 1 amide bonds. The highest BCUT2D eigenvalue weighted by Crippen LogP contribution is 2.41. The molecule has 1 aliphatic rings. The highest BCUT2D eigenvalue weighted by Gasteiger charge is 2.24. The lowest BCUT2D eigenvalue weighted by Crippen LogP contribution is -2.44. The Hall–Kier alpha value is -5.01. The molecule has 1 aromatic heterocycles. The topological polar surface area (TPSA) is 102 Å². The van der Waals surface area contributed by atoms with Crippen LogP contribution in [0.3, 0.4) is 0 Å². The number of hydrogen-bond donors (Lipinski definition) is 1. The molecular weight excluding hydrogens is 646 g/mol. The molecule has 0 atom stereocenters. The van der Waals surface area contributed by atoms with E-state index in [1.807, 2.05) is 32.9 Å². The summed E-state index contributed by atoms with van der Waals surface area (Å²) in [6.45, 7) is 11.0. The standard InChI is InChI=1S/C37H44F2N6O5/c1-24-16-25(2)34(26(3)17-24)50-37(46)45(23-27-18-28(38)20-29(39)19-27)33-8-9-40-36(42-33)41-30-21-31(47-5)35(48-6)32(22-30)49-15-7-10-44-13-11-43(4)12-14-44/h8-9,16-22H,7,10-15,23H2,1-6H3,(H,40,41,42). The van der Waals surface area contributed by atoms with Crippen molar-refractivity contribution in [2.75, 3.05) is 70.8 Å². The molecular formula is C37H44F2N6O5. The normalized spacial score (nSPS) is 13.5. The first-order valence-corrected chi connectivity index (χ1v) is 16.4. The van der Waals surface area contributed by atoms with Crippen molar-refractivity contribution < 1.29 is 32.5 Å². The van der Waals surface area contributed by atoms with Gasteiger partial charge in [0.1, 0.15) is 23.2 Å². The maximum atomic E-state index is 14.2. The van der Waals surface area contributed by atoms with Crippen molar-refractivity contribution in [3.05, 3.63) is 88.6 Å². The molecule has 2 heterocycles. The Balaban J connectivity index is 1.38. The smallest absolute Gasteiger partial charge is 0.421 e. The number of rotatable bonds is 13. The van der Waals surface area contributed by atoms with Crippen molar-refractivity contribution in [1.82, 2.24) is 19.8 Å². The summed E-state index contributed by atoms with van der Waals surface area (Å²) in [4.78, 5) is 28.7. The Morgan fingerprint density at radius 3 is 2.24 bits per heavy atom. The van der Waals surface area contributed by atoms with E-state index in [1.54, 1.807) is 19.2 Å². The number of anilines is 3. The van der Waals surface area contributed by atoms with Gasteiger partial charge in [-0.25, -0.2) is 18.6 Å². The predicted octanol–water partition coefficient (Wildman–Crippen LogP) is 6.66. The van der Waals surface area contributed by atoms with E-state index in [2.05, 4.69) is 32.1 Å². The van der Waals surface area contributed by atoms with Crippen LogP contribution in [0.2, 0.25) is 0 Å². The summed E-state index contributed by atoms with van der Waals surface area (Å²) < 4.78 is 51.6. The summed E-state index contributed by atoms with van der Waals surface area (Å²) in [5, 5.41) is 3.16. The van der Waals surface area contributed by atoms with Crippen molar-refractivity contribution >= 4 is 23.5 Å². The molecule has 0 radical (unpaired) electrons. The Morgan fingerprint density at radius 2 is 1.58 bits per heavy atom. The summed E-state index contributed by atoms with van der Waals surface area (Å²) in [6.07, 6.45) is 1.52. The molecule has 11 nitrogen and oxygen atoms in total. The molecule has 266 valence electrons. The zero-order chi connectivity index (χ0) is 35.8. The largest absolute Gasteiger partial charge is 0.493 e. The molecule has 3 aromatic carbocycles. The van der Waals surface area contributed by atoms with Crippen LogP contribution in [0.5, 0.6) is 23.0 Å². The minimum absolute atomic E-state index is 0.139. The quantitative estimate of drug-likeness (QED) is 0.153. The Morgan fingerprint density at radius 1 is 0.900 bits per heavy atom. The minimum atomic E-state index is -0.784. The first-order valence-electron chi connectivity index (χ1n) is 16.4. The summed E-state index contributed by atoms with van der Waals surface area (Å²) in [6, 6.07) is 11.9. The van der Waals surface area contributed by atoms with Crippen LogP contribution < -0.4 is 29.2 Å². The number of carbonyl (C=O) groups excluding carboxylic acids is 1. The van der Waals surface area contributed by atoms with E-state index in [1.165, 1.54) is 24.3 Å². The number of benzene rings is 3. The van der Waals surface area contributed by atoms with Crippen LogP contribution in [-0.2, 0) is 6.54 Å². The van der Waals surface area contributed by atoms with Gasteiger partial charge in [0.05, 0.1) is 27.4 Å². The fourth-order valence-corrected chi connectivity index (χ4v) is 5.93. The average molecular weight is 691 g/mol. The van der Waals surface area contributed by atoms with Crippen molar-refractivity contribution in [3.63, 3.8) is 0 Å². The molecule has 5 rings (SSSR count). The van der Waals surface area contributed by atoms with E-state index in [9.17, 15) is 13.6 Å². The van der Waals surface area contributed by atoms with Gasteiger partial charge in [-0.2, -0.15) is 4.98 Å². The molecule has 13 heteroatoms. The van der Waals surface area contributed by atoms with E-state index in [-0.39, 0.29) is 23.9 Å². The van der Waals surface area contributed by atoms with E-state index in [0.29, 0.717) is 35.3 Å². The van der Waals surface area contributed by atoms with Crippen LogP contribution in [0.1, 0.15) is 28.7 Å². The van der Waals surface area contributed by atoms with E-state index in [0.717, 1.165) is 74.0 Å². The number of ether oxygens (including phenoxy) is 4. The molecule has 4 aromatic rings. The zero-order valence-corrected chi connectivity index (χ0v) is 29.4. The van der Waals surface area contributed by atoms with Gasteiger partial charge in [-0.15, -0.1) is 0 Å². The van der Waals surface area contributed by atoms with E-state index in [4.69, 9.17) is 18.9 Å². The van der Waals surface area contributed by atoms with Gasteiger partial charge in [0.2, 0.25) is 11.7 Å². The van der Waals surface area contributed by atoms with Gasteiger partial charge in [-0.3, -0.25) is 4.90 Å². The minimum Gasteiger partial charge on any atom is -0.493 e. The van der Waals surface area contributed by atoms with Crippen LogP contribution in [0, 0.1) is 32.4 Å². The summed E-state index contributed by atoms with van der Waals surface area (Å²) in [5.41, 5.74) is 3.31. The number of hydrogen-bond acceptors (Lipinski definition) is 10. The van der Waals surface area contributed by atoms with Crippen LogP contribution in [0.4, 0.5) is 31.0 Å². The van der Waals surface area contributed by atoms with Crippen molar-refractivity contribution in [2.45, 2.75) is 33.7 Å². The molecule has 1 fully saturated rings. The SMILES string of the molecule is COc1cc(Nc2nccc(N(Cc3cc(F)cc(F)c3)C(=O)Oc3c(C)cc(C)cc3C)n2)cc(OCCCN2CCN(C)CC2)c1OC. The highest BCUT2D eigenvalue weighted by atomic mass is 19.1. The number of halogens is 2. The summed E-state index contributed by atoms with van der Waals surface area (Å²) in [5.74, 6) is 0.497. The highest BCUT2D eigenvalue weighted by molar-refractivity contribution is 5.88. The number of nitrogens with one attached hydrogen (secondary N) is 1. The third-order valence-corrected chi connectivity index (χ3v) is 8.37. The van der Waals surface area contributed by atoms with Gasteiger partial charge < -0.3 is 34.1 Å². The third-order valence-electron chi connectivity index (χ3n) is 8.37. The molecule has 0 aliphatic carbocycles. The number of likely N-dealkylation sites (N-methyl/N-ethyl adjacent to an activating group) is 1. The maximum Gasteiger partial charge on any atom is 0.421 e. The third kappa shape index (κ3) is 9.36. The molecule has 0 unspecified atom stereocenters. The Labute approximate surface area is 291 Å². The maximum absolute atomic E-state index is 14.2. The number of methoxy groups -OCH3 is 2. The van der Waals surface area contributed by atoms with Gasteiger partial charge in [-0.1, -0.05) is 17.7 Å². The molecule has 1 N–H and O–H groups in total. The first-order chi connectivity index (χ1) is 24.0. The zero-order valence-electron chi connectivity index (χ0n) is 29.4. The first kappa shape index (κ1) is 36.3. The van der Waals surface area contributed by atoms with E-state index >= 15 is 0 Å². The van der Waals surface area contributed by atoms with Crippen molar-refractivity contribution in [1.29, 1.82) is 0 Å². The number of carbonyl (C=O) groups is 1. The summed E-state index contributed by atoms with van der Waals surface area (Å²) in [7, 11) is 5.22. The fourth-order valence-electron chi connectivity index (χ4n) is 5.93. The van der Waals surface area contributed by atoms with Gasteiger partial charge >= 0.3 is 6.09 Å². The Kier molecular flexibility index (Phi) is 12.0. The monoisotopic (exact) mass is 690 g/mol. The molecule has 0 spiro atoms. The number of nitrogens with zero attached hydrogens (tertiary/aromatic N) is 5. The molecule has 1 saturated heterocycles. The second kappa shape index (κ2) is 16.6. The van der Waals surface area contributed by atoms with Crippen LogP contribution in [-0.4, -0.2) is 86.5 Å². The number of amides is 1. The average Bonchev–Trinajstić information content (AvgIpc) is 3.07. The molecule has 50 heavy (non-hydrogen) atoms. The van der Waals surface area contributed by atoms with E-state index < -0.39 is 17.7 Å².